The second-order valence-corrected chi connectivity index (χ2v) is 7.41. The second kappa shape index (κ2) is 6.40. The van der Waals surface area contributed by atoms with E-state index in [1.54, 1.807) is 0 Å². The first-order valence-electron chi connectivity index (χ1n) is 9.07. The van der Waals surface area contributed by atoms with Crippen LogP contribution in [0.3, 0.4) is 0 Å². The van der Waals surface area contributed by atoms with Crippen molar-refractivity contribution in [1.29, 1.82) is 5.26 Å². The molecule has 1 aliphatic heterocycles. The second-order valence-electron chi connectivity index (χ2n) is 6.97. The van der Waals surface area contributed by atoms with Gasteiger partial charge in [0.05, 0.1) is 11.3 Å². The van der Waals surface area contributed by atoms with Crippen molar-refractivity contribution in [2.75, 3.05) is 11.5 Å². The number of hydrogen-bond acceptors (Lipinski definition) is 4. The summed E-state index contributed by atoms with van der Waals surface area (Å²) in [6, 6.07) is 21.8. The number of nitriles is 1. The van der Waals surface area contributed by atoms with Crippen molar-refractivity contribution >= 4 is 33.9 Å². The van der Waals surface area contributed by atoms with Crippen LogP contribution in [0.25, 0.3) is 10.8 Å². The number of pyridine rings is 1. The lowest BCUT2D eigenvalue weighted by Crippen LogP contribution is -2.25. The van der Waals surface area contributed by atoms with E-state index >= 15 is 0 Å². The van der Waals surface area contributed by atoms with Gasteiger partial charge in [-0.1, -0.05) is 60.1 Å². The molecule has 0 radical (unpaired) electrons. The van der Waals surface area contributed by atoms with Crippen molar-refractivity contribution in [2.24, 2.45) is 0 Å². The van der Waals surface area contributed by atoms with Gasteiger partial charge in [-0.15, -0.1) is 0 Å². The first-order valence-corrected chi connectivity index (χ1v) is 9.45. The van der Waals surface area contributed by atoms with Gasteiger partial charge in [0.15, 0.2) is 5.56 Å². The van der Waals surface area contributed by atoms with Crippen LogP contribution in [-0.2, 0) is 0 Å². The lowest BCUT2D eigenvalue weighted by molar-refractivity contribution is -0.375. The van der Waals surface area contributed by atoms with E-state index in [4.69, 9.17) is 27.8 Å². The molecule has 29 heavy (non-hydrogen) atoms. The molecule has 0 unspecified atom stereocenters. The summed E-state index contributed by atoms with van der Waals surface area (Å²) in [5.74, 6) is 1.14. The average Bonchev–Trinajstić information content (AvgIpc) is 2.73. The standard InChI is InChI=1S/C23H15ClN4O/c24-14-8-5-13(6-9-14)18-16-10-7-12-3-1-2-4-15(12)21(16)29-23-19(18)20(26)17(11-25)22(27)28-23/h1-10,18H,(H4,26,27,28)/p+1/t18-/m0/s1. The number of aromatic nitrogens is 1. The van der Waals surface area contributed by atoms with Crippen LogP contribution in [0, 0.1) is 11.3 Å². The summed E-state index contributed by atoms with van der Waals surface area (Å²) in [5, 5.41) is 12.2. The Morgan fingerprint density at radius 3 is 2.52 bits per heavy atom. The Bertz CT molecular complexity index is 1330. The van der Waals surface area contributed by atoms with Crippen molar-refractivity contribution in [3.05, 3.63) is 87.9 Å². The Morgan fingerprint density at radius 1 is 1.00 bits per heavy atom. The smallest absolute Gasteiger partial charge is 0.294 e. The van der Waals surface area contributed by atoms with Gasteiger partial charge in [0, 0.05) is 21.9 Å². The third-order valence-electron chi connectivity index (χ3n) is 5.35. The Balaban J connectivity index is 1.87. The zero-order valence-electron chi connectivity index (χ0n) is 15.2. The lowest BCUT2D eigenvalue weighted by atomic mass is 9.81. The highest BCUT2D eigenvalue weighted by Crippen LogP contribution is 2.51. The third-order valence-corrected chi connectivity index (χ3v) is 5.60. The molecule has 5 nitrogen and oxygen atoms in total. The summed E-state index contributed by atoms with van der Waals surface area (Å²) in [6.07, 6.45) is 0. The van der Waals surface area contributed by atoms with Crippen LogP contribution in [0.2, 0.25) is 5.02 Å². The number of H-pyrrole nitrogens is 1. The summed E-state index contributed by atoms with van der Waals surface area (Å²) < 4.78 is 6.28. The van der Waals surface area contributed by atoms with E-state index in [0.29, 0.717) is 22.2 Å². The van der Waals surface area contributed by atoms with Crippen LogP contribution in [0.15, 0.2) is 60.7 Å². The summed E-state index contributed by atoms with van der Waals surface area (Å²) in [4.78, 5) is 3.03. The largest absolute Gasteiger partial charge is 0.422 e. The number of anilines is 2. The van der Waals surface area contributed by atoms with E-state index in [1.165, 1.54) is 0 Å². The molecule has 0 fully saturated rings. The molecule has 1 atom stereocenters. The lowest BCUT2D eigenvalue weighted by Gasteiger charge is -2.29. The number of rotatable bonds is 1. The molecular weight excluding hydrogens is 384 g/mol. The van der Waals surface area contributed by atoms with Gasteiger partial charge in [-0.2, -0.15) is 5.26 Å². The van der Waals surface area contributed by atoms with Crippen LogP contribution >= 0.6 is 11.6 Å². The highest BCUT2D eigenvalue weighted by Gasteiger charge is 2.36. The average molecular weight is 400 g/mol. The molecule has 140 valence electrons. The normalized spacial score (nSPS) is 14.6. The number of ether oxygens (including phenoxy) is 1. The minimum absolute atomic E-state index is 0.183. The molecule has 0 bridgehead atoms. The number of halogens is 1. The molecule has 0 saturated carbocycles. The molecule has 2 heterocycles. The highest BCUT2D eigenvalue weighted by atomic mass is 35.5. The molecule has 0 amide bonds. The molecule has 1 aromatic heterocycles. The maximum Gasteiger partial charge on any atom is 0.294 e. The number of aromatic amines is 1. The molecule has 0 saturated heterocycles. The number of nitrogens with two attached hydrogens (primary N) is 2. The van der Waals surface area contributed by atoms with Gasteiger partial charge in [0.2, 0.25) is 0 Å². The van der Waals surface area contributed by atoms with E-state index < -0.39 is 0 Å². The third kappa shape index (κ3) is 2.58. The molecule has 0 spiro atoms. The molecule has 5 rings (SSSR count). The predicted molar refractivity (Wildman–Crippen MR) is 113 cm³/mol. The molecule has 1 aliphatic rings. The molecular formula is C23H16ClN4O+. The van der Waals surface area contributed by atoms with Crippen LogP contribution in [0.1, 0.15) is 28.2 Å². The Morgan fingerprint density at radius 2 is 1.76 bits per heavy atom. The fourth-order valence-corrected chi connectivity index (χ4v) is 4.13. The zero-order valence-corrected chi connectivity index (χ0v) is 16.0. The van der Waals surface area contributed by atoms with Crippen molar-refractivity contribution in [2.45, 2.75) is 5.92 Å². The summed E-state index contributed by atoms with van der Waals surface area (Å²) >= 11 is 6.11. The molecule has 3 aromatic carbocycles. The zero-order chi connectivity index (χ0) is 20.1. The molecule has 4 aromatic rings. The van der Waals surface area contributed by atoms with Gasteiger partial charge in [-0.3, -0.25) is 5.73 Å². The van der Waals surface area contributed by atoms with Crippen molar-refractivity contribution < 1.29 is 9.72 Å². The number of nitrogens with zero attached hydrogens (tertiary/aromatic N) is 1. The Hall–Kier alpha value is -3.75. The van der Waals surface area contributed by atoms with Gasteiger partial charge in [0.1, 0.15) is 11.8 Å². The number of nitrogen functional groups attached to an aromatic ring is 2. The van der Waals surface area contributed by atoms with Gasteiger partial charge < -0.3 is 10.5 Å². The van der Waals surface area contributed by atoms with Crippen LogP contribution in [0.5, 0.6) is 11.6 Å². The maximum atomic E-state index is 9.54. The Labute approximate surface area is 172 Å². The van der Waals surface area contributed by atoms with E-state index in [2.05, 4.69) is 17.1 Å². The highest BCUT2D eigenvalue weighted by molar-refractivity contribution is 6.30. The first kappa shape index (κ1) is 17.4. The van der Waals surface area contributed by atoms with Crippen LogP contribution < -0.4 is 21.2 Å². The van der Waals surface area contributed by atoms with Gasteiger partial charge >= 0.3 is 0 Å². The maximum absolute atomic E-state index is 9.54. The number of hydrogen-bond donors (Lipinski definition) is 2. The van der Waals surface area contributed by atoms with E-state index in [9.17, 15) is 5.26 Å². The molecule has 6 heteroatoms. The van der Waals surface area contributed by atoms with Gasteiger partial charge in [-0.05, 0) is 23.1 Å². The number of benzene rings is 3. The monoisotopic (exact) mass is 399 g/mol. The fraction of sp³-hybridized carbons (Fsp3) is 0.0435. The van der Waals surface area contributed by atoms with Crippen LogP contribution in [0.4, 0.5) is 11.5 Å². The molecule has 5 N–H and O–H groups in total. The summed E-state index contributed by atoms with van der Waals surface area (Å²) in [7, 11) is 0. The van der Waals surface area contributed by atoms with Crippen molar-refractivity contribution in [1.82, 2.24) is 0 Å². The fourth-order valence-electron chi connectivity index (χ4n) is 4.00. The molecule has 0 aliphatic carbocycles. The van der Waals surface area contributed by atoms with Crippen LogP contribution in [-0.4, -0.2) is 0 Å². The van der Waals surface area contributed by atoms with E-state index in [1.807, 2.05) is 54.6 Å². The quantitative estimate of drug-likeness (QED) is 0.429. The number of fused-ring (bicyclic) bond motifs is 4. The summed E-state index contributed by atoms with van der Waals surface area (Å²) in [5.41, 5.74) is 15.6. The minimum Gasteiger partial charge on any atom is -0.422 e. The van der Waals surface area contributed by atoms with E-state index in [-0.39, 0.29) is 17.3 Å². The van der Waals surface area contributed by atoms with Crippen molar-refractivity contribution in [3.8, 4) is 17.7 Å². The Kier molecular flexibility index (Phi) is 3.83. The van der Waals surface area contributed by atoms with Crippen molar-refractivity contribution in [3.63, 3.8) is 0 Å². The van der Waals surface area contributed by atoms with Gasteiger partial charge in [0.25, 0.3) is 11.7 Å². The minimum atomic E-state index is -0.237. The van der Waals surface area contributed by atoms with Gasteiger partial charge in [-0.25, -0.2) is 4.98 Å². The summed E-state index contributed by atoms with van der Waals surface area (Å²) in [6.45, 7) is 0. The first-order chi connectivity index (χ1) is 14.1. The topological polar surface area (TPSA) is 99.2 Å². The SMILES string of the molecule is N#Cc1c(N)[nH+]c2c(c1N)[C@@H](c1ccc(Cl)cc1)c1ccc3ccccc3c1O2. The number of nitrogens with one attached hydrogen (secondary N) is 1. The van der Waals surface area contributed by atoms with E-state index in [0.717, 1.165) is 27.6 Å². The predicted octanol–water partition coefficient (Wildman–Crippen LogP) is 4.63.